The lowest BCUT2D eigenvalue weighted by Gasteiger charge is -1.77. The molecule has 0 amide bonds. The Morgan fingerprint density at radius 2 is 2.11 bits per heavy atom. The summed E-state index contributed by atoms with van der Waals surface area (Å²) in [6, 6.07) is 2.10. The van der Waals surface area contributed by atoms with Crippen LogP contribution in [-0.4, -0.2) is 0 Å². The Hall–Kier alpha value is 1.14. The molecule has 1 aromatic heterocycles. The average molecular weight is 335 g/mol. The summed E-state index contributed by atoms with van der Waals surface area (Å²) in [6.07, 6.45) is 0. The number of rotatable bonds is 1. The molecule has 0 aromatic carbocycles. The van der Waals surface area contributed by atoms with Gasteiger partial charge in [0.15, 0.2) is 0 Å². The van der Waals surface area contributed by atoms with E-state index in [0.717, 1.165) is 13.6 Å². The van der Waals surface area contributed by atoms with Gasteiger partial charge in [0.25, 0.3) is 0 Å². The van der Waals surface area contributed by atoms with E-state index in [9.17, 15) is 0 Å². The van der Waals surface area contributed by atoms with Crippen molar-refractivity contribution >= 4 is 59.1 Å². The molecule has 0 saturated heterocycles. The summed E-state index contributed by atoms with van der Waals surface area (Å²) in [5.74, 6) is 0. The van der Waals surface area contributed by atoms with Crippen molar-refractivity contribution in [3.05, 3.63) is 19.2 Å². The van der Waals surface area contributed by atoms with E-state index in [1.54, 1.807) is 11.3 Å². The zero-order valence-corrected chi connectivity index (χ0v) is 9.90. The Morgan fingerprint density at radius 3 is 2.33 bits per heavy atom. The second-order valence-corrected chi connectivity index (χ2v) is 5.34. The quantitative estimate of drug-likeness (QED) is 0.676. The van der Waals surface area contributed by atoms with Crippen LogP contribution in [0.2, 0.25) is 0 Å². The van der Waals surface area contributed by atoms with Gasteiger partial charge < -0.3 is 0 Å². The second kappa shape index (κ2) is 3.51. The zero-order chi connectivity index (χ0) is 6.85. The van der Waals surface area contributed by atoms with Crippen LogP contribution in [0.25, 0.3) is 0 Å². The van der Waals surface area contributed by atoms with E-state index in [1.165, 1.54) is 4.88 Å². The van der Waals surface area contributed by atoms with Crippen LogP contribution in [0.1, 0.15) is 4.88 Å². The third-order valence-corrected chi connectivity index (χ3v) is 5.06. The van der Waals surface area contributed by atoms with Crippen molar-refractivity contribution in [3.8, 4) is 0 Å². The first-order chi connectivity index (χ1) is 4.24. The van der Waals surface area contributed by atoms with Crippen LogP contribution in [0.5, 0.6) is 0 Å². The van der Waals surface area contributed by atoms with E-state index in [0.29, 0.717) is 0 Å². The van der Waals surface area contributed by atoms with Crippen molar-refractivity contribution in [2.24, 2.45) is 0 Å². The number of alkyl halides is 1. The van der Waals surface area contributed by atoms with Crippen LogP contribution in [0, 0.1) is 0 Å². The summed E-state index contributed by atoms with van der Waals surface area (Å²) in [6.45, 7) is 0. The lowest BCUT2D eigenvalue weighted by molar-refractivity contribution is 1.57. The van der Waals surface area contributed by atoms with E-state index in [2.05, 4.69) is 53.9 Å². The summed E-state index contributed by atoms with van der Waals surface area (Å²) in [7, 11) is 0. The van der Waals surface area contributed by atoms with Gasteiger partial charge in [-0.05, 0) is 37.9 Å². The maximum absolute atomic E-state index is 3.41. The van der Waals surface area contributed by atoms with Gasteiger partial charge in [-0.15, -0.1) is 11.3 Å². The summed E-state index contributed by atoms with van der Waals surface area (Å²) >= 11 is 11.9. The molecule has 1 aromatic rings. The normalized spacial score (nSPS) is 10.1. The molecule has 1 heterocycles. The van der Waals surface area contributed by atoms with Crippen molar-refractivity contribution in [1.82, 2.24) is 0 Å². The molecule has 50 valence electrons. The number of hydrogen-bond donors (Lipinski definition) is 0. The number of thiophene rings is 1. The van der Waals surface area contributed by atoms with Crippen LogP contribution in [0.3, 0.4) is 0 Å². The smallest absolute Gasteiger partial charge is 0.0843 e. The van der Waals surface area contributed by atoms with Gasteiger partial charge in [-0.1, -0.05) is 15.9 Å². The molecule has 0 nitrogen and oxygen atoms in total. The first-order valence-corrected chi connectivity index (χ1v) is 5.76. The molecule has 0 radical (unpaired) electrons. The molecule has 0 aliphatic rings. The van der Waals surface area contributed by atoms with Gasteiger partial charge in [0.2, 0.25) is 0 Å². The molecule has 0 N–H and O–H groups in total. The first-order valence-electron chi connectivity index (χ1n) is 2.23. The molecule has 0 unspecified atom stereocenters. The molecule has 0 aliphatic heterocycles. The maximum Gasteiger partial charge on any atom is 0.0843 e. The van der Waals surface area contributed by atoms with E-state index in [-0.39, 0.29) is 0 Å². The topological polar surface area (TPSA) is 0 Å². The fraction of sp³-hybridized carbons (Fsp3) is 0.200. The van der Waals surface area contributed by atoms with Gasteiger partial charge in [-0.2, -0.15) is 0 Å². The Morgan fingerprint density at radius 1 is 1.44 bits per heavy atom. The highest BCUT2D eigenvalue weighted by Crippen LogP contribution is 2.33. The third-order valence-electron chi connectivity index (χ3n) is 0.828. The minimum Gasteiger partial charge on any atom is -0.131 e. The van der Waals surface area contributed by atoms with Gasteiger partial charge in [0.05, 0.1) is 3.79 Å². The van der Waals surface area contributed by atoms with E-state index < -0.39 is 0 Å². The highest BCUT2D eigenvalue weighted by molar-refractivity contribution is 9.13. The second-order valence-electron chi connectivity index (χ2n) is 1.47. The Kier molecular flexibility index (Phi) is 3.21. The standard InChI is InChI=1S/C5H3Br3S/c6-2-3-1-4(7)5(8)9-3/h1H,2H2. The number of hydrogen-bond acceptors (Lipinski definition) is 1. The van der Waals surface area contributed by atoms with Gasteiger partial charge in [-0.25, -0.2) is 0 Å². The van der Waals surface area contributed by atoms with Crippen molar-refractivity contribution < 1.29 is 0 Å². The fourth-order valence-electron chi connectivity index (χ4n) is 0.457. The molecule has 0 fully saturated rings. The van der Waals surface area contributed by atoms with Crippen molar-refractivity contribution in [2.45, 2.75) is 5.33 Å². The van der Waals surface area contributed by atoms with Crippen molar-refractivity contribution in [2.75, 3.05) is 0 Å². The molecule has 0 bridgehead atoms. The first kappa shape index (κ1) is 8.24. The van der Waals surface area contributed by atoms with Crippen LogP contribution in [0.15, 0.2) is 14.3 Å². The summed E-state index contributed by atoms with van der Waals surface area (Å²) in [5.41, 5.74) is 0. The van der Waals surface area contributed by atoms with Gasteiger partial charge in [0, 0.05) is 14.7 Å². The maximum atomic E-state index is 3.41. The SMILES string of the molecule is BrCc1cc(Br)c(Br)s1. The van der Waals surface area contributed by atoms with Crippen LogP contribution in [-0.2, 0) is 5.33 Å². The van der Waals surface area contributed by atoms with Gasteiger partial charge in [-0.3, -0.25) is 0 Å². The molecular formula is C5H3Br3S. The monoisotopic (exact) mass is 332 g/mol. The average Bonchev–Trinajstić information content (AvgIpc) is 2.13. The van der Waals surface area contributed by atoms with Crippen LogP contribution < -0.4 is 0 Å². The van der Waals surface area contributed by atoms with Gasteiger partial charge >= 0.3 is 0 Å². The molecule has 0 spiro atoms. The van der Waals surface area contributed by atoms with Crippen LogP contribution in [0.4, 0.5) is 0 Å². The van der Waals surface area contributed by atoms with E-state index in [4.69, 9.17) is 0 Å². The highest BCUT2D eigenvalue weighted by Gasteiger charge is 2.00. The molecule has 0 aliphatic carbocycles. The Bertz CT molecular complexity index is 186. The number of halogens is 3. The summed E-state index contributed by atoms with van der Waals surface area (Å²) in [5, 5.41) is 0.932. The van der Waals surface area contributed by atoms with E-state index in [1.807, 2.05) is 0 Å². The summed E-state index contributed by atoms with van der Waals surface area (Å²) in [4.78, 5) is 1.33. The van der Waals surface area contributed by atoms with E-state index >= 15 is 0 Å². The Labute approximate surface area is 83.0 Å². The highest BCUT2D eigenvalue weighted by atomic mass is 79.9. The third kappa shape index (κ3) is 2.03. The minimum atomic E-state index is 0.932. The van der Waals surface area contributed by atoms with Crippen molar-refractivity contribution in [3.63, 3.8) is 0 Å². The molecule has 9 heavy (non-hydrogen) atoms. The minimum absolute atomic E-state index is 0.932. The molecule has 0 saturated carbocycles. The Balaban J connectivity index is 2.98. The van der Waals surface area contributed by atoms with Crippen molar-refractivity contribution in [1.29, 1.82) is 0 Å². The molecule has 1 rings (SSSR count). The van der Waals surface area contributed by atoms with Gasteiger partial charge in [0.1, 0.15) is 0 Å². The summed E-state index contributed by atoms with van der Waals surface area (Å²) < 4.78 is 2.30. The largest absolute Gasteiger partial charge is 0.131 e. The predicted molar refractivity (Wildman–Crippen MR) is 52.4 cm³/mol. The molecular weight excluding hydrogens is 332 g/mol. The molecule has 0 atom stereocenters. The van der Waals surface area contributed by atoms with Crippen LogP contribution >= 0.6 is 59.1 Å². The molecule has 4 heteroatoms. The lowest BCUT2D eigenvalue weighted by Crippen LogP contribution is -1.59. The fourth-order valence-corrected chi connectivity index (χ4v) is 2.99. The zero-order valence-electron chi connectivity index (χ0n) is 4.33. The lowest BCUT2D eigenvalue weighted by atomic mass is 10.5. The predicted octanol–water partition coefficient (Wildman–Crippen LogP) is 4.17.